The molecule has 32 heavy (non-hydrogen) atoms. The summed E-state index contributed by atoms with van der Waals surface area (Å²) in [6.45, 7) is 1.36. The highest BCUT2D eigenvalue weighted by Crippen LogP contribution is 2.30. The summed E-state index contributed by atoms with van der Waals surface area (Å²) in [6.07, 6.45) is 0. The van der Waals surface area contributed by atoms with Gasteiger partial charge in [0.25, 0.3) is 5.91 Å². The number of fused-ring (bicyclic) bond motifs is 1. The molecule has 2 aliphatic heterocycles. The number of hydrogen-bond acceptors (Lipinski definition) is 5. The number of anilines is 2. The van der Waals surface area contributed by atoms with Crippen LogP contribution in [0.3, 0.4) is 0 Å². The Hall–Kier alpha value is -3.37. The molecule has 11 heteroatoms. The van der Waals surface area contributed by atoms with Crippen molar-refractivity contribution in [1.29, 1.82) is 0 Å². The molecule has 3 N–H and O–H groups in total. The largest absolute Gasteiger partial charge is 0.505 e. The lowest BCUT2D eigenvalue weighted by atomic mass is 10.1. The fourth-order valence-electron chi connectivity index (χ4n) is 3.74. The standard InChI is InChI=1S/C21H20ClFN4O5/c22-18-14(23)4-2-5-15(18)24-21(31)25-16-6-1-3-13(19(16)29)20(30)26-7-8-27-12(9-26)10-32-11-17(27)28/h1-6,12,29H,7-11H2,(H2,24,25,31)/t12-/m0/s1. The van der Waals surface area contributed by atoms with Crippen LogP contribution in [-0.2, 0) is 9.53 Å². The summed E-state index contributed by atoms with van der Waals surface area (Å²) >= 11 is 5.83. The maximum absolute atomic E-state index is 13.5. The molecule has 2 saturated heterocycles. The lowest BCUT2D eigenvalue weighted by molar-refractivity contribution is -0.151. The summed E-state index contributed by atoms with van der Waals surface area (Å²) in [4.78, 5) is 40.5. The van der Waals surface area contributed by atoms with E-state index in [0.29, 0.717) is 19.7 Å². The second kappa shape index (κ2) is 9.01. The number of amides is 4. The normalized spacial score (nSPS) is 18.2. The molecule has 2 aromatic carbocycles. The summed E-state index contributed by atoms with van der Waals surface area (Å²) in [5.41, 5.74) is 0.0526. The van der Waals surface area contributed by atoms with Crippen molar-refractivity contribution < 1.29 is 28.6 Å². The topological polar surface area (TPSA) is 111 Å². The summed E-state index contributed by atoms with van der Waals surface area (Å²) in [5, 5.41) is 15.2. The van der Waals surface area contributed by atoms with Crippen molar-refractivity contribution in [3.8, 4) is 5.75 Å². The monoisotopic (exact) mass is 462 g/mol. The van der Waals surface area contributed by atoms with Crippen LogP contribution in [0.1, 0.15) is 10.4 Å². The lowest BCUT2D eigenvalue weighted by Crippen LogP contribution is -2.61. The van der Waals surface area contributed by atoms with Gasteiger partial charge in [0, 0.05) is 19.6 Å². The molecular weight excluding hydrogens is 443 g/mol. The van der Waals surface area contributed by atoms with Crippen molar-refractivity contribution in [1.82, 2.24) is 9.80 Å². The predicted molar refractivity (Wildman–Crippen MR) is 114 cm³/mol. The number of carbonyl (C=O) groups is 3. The fourth-order valence-corrected chi connectivity index (χ4v) is 3.91. The molecule has 0 unspecified atom stereocenters. The molecule has 0 bridgehead atoms. The van der Waals surface area contributed by atoms with Crippen LogP contribution in [0.5, 0.6) is 5.75 Å². The first-order valence-electron chi connectivity index (χ1n) is 9.85. The Morgan fingerprint density at radius 1 is 1.12 bits per heavy atom. The van der Waals surface area contributed by atoms with Crippen molar-refractivity contribution in [3.63, 3.8) is 0 Å². The highest BCUT2D eigenvalue weighted by atomic mass is 35.5. The van der Waals surface area contributed by atoms with Gasteiger partial charge >= 0.3 is 6.03 Å². The van der Waals surface area contributed by atoms with Crippen LogP contribution in [0, 0.1) is 5.82 Å². The van der Waals surface area contributed by atoms with Crippen LogP contribution in [-0.4, -0.2) is 71.6 Å². The number of ether oxygens (including phenoxy) is 1. The van der Waals surface area contributed by atoms with E-state index >= 15 is 0 Å². The highest BCUT2D eigenvalue weighted by molar-refractivity contribution is 6.34. The Bertz CT molecular complexity index is 1080. The zero-order chi connectivity index (χ0) is 22.8. The van der Waals surface area contributed by atoms with Crippen molar-refractivity contribution in [3.05, 3.63) is 52.8 Å². The van der Waals surface area contributed by atoms with Gasteiger partial charge in [-0.1, -0.05) is 23.7 Å². The molecule has 2 fully saturated rings. The Morgan fingerprint density at radius 2 is 1.84 bits per heavy atom. The quantitative estimate of drug-likeness (QED) is 0.607. The van der Waals surface area contributed by atoms with Crippen LogP contribution < -0.4 is 10.6 Å². The van der Waals surface area contributed by atoms with Crippen LogP contribution >= 0.6 is 11.6 Å². The number of urea groups is 1. The minimum atomic E-state index is -0.774. The number of phenolic OH excluding ortho intramolecular Hbond substituents is 1. The van der Waals surface area contributed by atoms with E-state index in [1.165, 1.54) is 35.2 Å². The first kappa shape index (κ1) is 21.8. The Labute approximate surface area is 187 Å². The lowest BCUT2D eigenvalue weighted by Gasteiger charge is -2.43. The smallest absolute Gasteiger partial charge is 0.323 e. The van der Waals surface area contributed by atoms with Gasteiger partial charge in [-0.05, 0) is 24.3 Å². The molecule has 0 saturated carbocycles. The first-order valence-corrected chi connectivity index (χ1v) is 10.2. The number of nitrogens with one attached hydrogen (secondary N) is 2. The zero-order valence-electron chi connectivity index (χ0n) is 16.8. The van der Waals surface area contributed by atoms with Crippen molar-refractivity contribution in [2.45, 2.75) is 6.04 Å². The maximum atomic E-state index is 13.5. The van der Waals surface area contributed by atoms with E-state index in [1.54, 1.807) is 4.90 Å². The van der Waals surface area contributed by atoms with Gasteiger partial charge in [-0.15, -0.1) is 0 Å². The van der Waals surface area contributed by atoms with Crippen LogP contribution in [0.15, 0.2) is 36.4 Å². The second-order valence-electron chi connectivity index (χ2n) is 7.39. The minimum absolute atomic E-state index is 0.00286. The van der Waals surface area contributed by atoms with E-state index in [9.17, 15) is 23.9 Å². The van der Waals surface area contributed by atoms with Gasteiger partial charge in [-0.25, -0.2) is 9.18 Å². The third-order valence-corrected chi connectivity index (χ3v) is 5.72. The van der Waals surface area contributed by atoms with Gasteiger partial charge in [0.1, 0.15) is 12.4 Å². The van der Waals surface area contributed by atoms with Crippen molar-refractivity contribution in [2.75, 3.05) is 43.5 Å². The molecular formula is C21H20ClFN4O5. The Balaban J connectivity index is 1.46. The fraction of sp³-hybridized carbons (Fsp3) is 0.286. The van der Waals surface area contributed by atoms with Crippen molar-refractivity contribution >= 4 is 40.8 Å². The van der Waals surface area contributed by atoms with Crippen LogP contribution in [0.4, 0.5) is 20.6 Å². The average molecular weight is 463 g/mol. The summed E-state index contributed by atoms with van der Waals surface area (Å²) in [6, 6.07) is 7.33. The molecule has 0 aromatic heterocycles. The Kier molecular flexibility index (Phi) is 6.15. The van der Waals surface area contributed by atoms with E-state index in [4.69, 9.17) is 16.3 Å². The summed E-state index contributed by atoms with van der Waals surface area (Å²) in [5.74, 6) is -1.63. The SMILES string of the molecule is O=C(Nc1cccc(C(=O)N2CCN3C(=O)COC[C@@H]3C2)c1O)Nc1cccc(F)c1Cl. The van der Waals surface area contributed by atoms with E-state index in [1.807, 2.05) is 0 Å². The number of morpholine rings is 1. The average Bonchev–Trinajstić information content (AvgIpc) is 2.78. The molecule has 2 aliphatic rings. The highest BCUT2D eigenvalue weighted by Gasteiger charge is 2.36. The number of benzene rings is 2. The van der Waals surface area contributed by atoms with E-state index < -0.39 is 23.5 Å². The number of nitrogens with zero attached hydrogens (tertiary/aromatic N) is 2. The van der Waals surface area contributed by atoms with Crippen LogP contribution in [0.25, 0.3) is 0 Å². The third kappa shape index (κ3) is 4.32. The zero-order valence-corrected chi connectivity index (χ0v) is 17.6. The van der Waals surface area contributed by atoms with Crippen LogP contribution in [0.2, 0.25) is 5.02 Å². The molecule has 0 radical (unpaired) electrons. The predicted octanol–water partition coefficient (Wildman–Crippen LogP) is 2.51. The van der Waals surface area contributed by atoms with Gasteiger partial charge in [0.05, 0.1) is 34.6 Å². The molecule has 168 valence electrons. The third-order valence-electron chi connectivity index (χ3n) is 5.34. The van der Waals surface area contributed by atoms with Gasteiger partial charge in [0.15, 0.2) is 5.75 Å². The van der Waals surface area contributed by atoms with Crippen molar-refractivity contribution in [2.24, 2.45) is 0 Å². The maximum Gasteiger partial charge on any atom is 0.323 e. The first-order chi connectivity index (χ1) is 15.3. The number of aromatic hydroxyl groups is 1. The number of rotatable bonds is 3. The van der Waals surface area contributed by atoms with Gasteiger partial charge in [-0.2, -0.15) is 0 Å². The summed E-state index contributed by atoms with van der Waals surface area (Å²) < 4.78 is 18.8. The molecule has 1 atom stereocenters. The number of phenols is 1. The van der Waals surface area contributed by atoms with E-state index in [2.05, 4.69) is 10.6 Å². The molecule has 4 amide bonds. The second-order valence-corrected chi connectivity index (χ2v) is 7.77. The molecule has 4 rings (SSSR count). The minimum Gasteiger partial charge on any atom is -0.505 e. The molecule has 2 heterocycles. The number of piperazine rings is 1. The number of para-hydroxylation sites is 1. The molecule has 0 aliphatic carbocycles. The van der Waals surface area contributed by atoms with Gasteiger partial charge in [0.2, 0.25) is 5.91 Å². The molecule has 0 spiro atoms. The van der Waals surface area contributed by atoms with E-state index in [-0.39, 0.29) is 47.1 Å². The van der Waals surface area contributed by atoms with E-state index in [0.717, 1.165) is 6.07 Å². The number of carbonyl (C=O) groups excluding carboxylic acids is 3. The molecule has 2 aromatic rings. The number of hydrogen-bond donors (Lipinski definition) is 3. The van der Waals surface area contributed by atoms with Gasteiger partial charge in [-0.3, -0.25) is 9.59 Å². The molecule has 9 nitrogen and oxygen atoms in total. The van der Waals surface area contributed by atoms with Gasteiger partial charge < -0.3 is 30.3 Å². The Morgan fingerprint density at radius 3 is 2.66 bits per heavy atom. The number of halogens is 2. The summed E-state index contributed by atoms with van der Waals surface area (Å²) in [7, 11) is 0.